The lowest BCUT2D eigenvalue weighted by Gasteiger charge is -2.34. The van der Waals surface area contributed by atoms with Crippen LogP contribution in [0.25, 0.3) is 0 Å². The highest BCUT2D eigenvalue weighted by atomic mass is 79.9. The Morgan fingerprint density at radius 2 is 2.14 bits per heavy atom. The molecule has 0 bridgehead atoms. The molecule has 0 saturated carbocycles. The number of halogens is 1. The number of piperidine rings is 1. The van der Waals surface area contributed by atoms with Gasteiger partial charge in [-0.15, -0.1) is 0 Å². The van der Waals surface area contributed by atoms with Gasteiger partial charge in [-0.05, 0) is 53.3 Å². The van der Waals surface area contributed by atoms with Crippen LogP contribution in [-0.4, -0.2) is 30.5 Å². The Bertz CT molecular complexity index is 556. The van der Waals surface area contributed by atoms with E-state index < -0.39 is 4.92 Å². The second-order valence-electron chi connectivity index (χ2n) is 5.66. The monoisotopic (exact) mass is 355 g/mol. The van der Waals surface area contributed by atoms with Gasteiger partial charge < -0.3 is 10.6 Å². The summed E-state index contributed by atoms with van der Waals surface area (Å²) in [6.07, 6.45) is 2.05. The number of non-ortho nitro benzene ring substituents is 1. The molecule has 0 atom stereocenters. The number of nitrogens with one attached hydrogen (secondary N) is 2. The van der Waals surface area contributed by atoms with Crippen molar-refractivity contribution in [1.29, 1.82) is 0 Å². The molecule has 7 heteroatoms. The smallest absolute Gasteiger partial charge is 0.270 e. The van der Waals surface area contributed by atoms with Crippen molar-refractivity contribution in [2.75, 3.05) is 19.6 Å². The van der Waals surface area contributed by atoms with Crippen LogP contribution in [-0.2, 0) is 0 Å². The Morgan fingerprint density at radius 3 is 2.71 bits per heavy atom. The van der Waals surface area contributed by atoms with Crippen molar-refractivity contribution in [2.45, 2.75) is 19.8 Å². The van der Waals surface area contributed by atoms with Crippen LogP contribution in [0.2, 0.25) is 0 Å². The molecule has 21 heavy (non-hydrogen) atoms. The van der Waals surface area contributed by atoms with Crippen LogP contribution in [0.1, 0.15) is 30.1 Å². The SMILES string of the molecule is CC1(CNC(=O)c2ccc([N+](=O)[O-])cc2Br)CCNCC1. The summed E-state index contributed by atoms with van der Waals surface area (Å²) in [4.78, 5) is 22.4. The number of hydrogen-bond donors (Lipinski definition) is 2. The van der Waals surface area contributed by atoms with E-state index in [-0.39, 0.29) is 17.0 Å². The molecule has 1 saturated heterocycles. The third kappa shape index (κ3) is 4.01. The number of amides is 1. The number of rotatable bonds is 4. The highest BCUT2D eigenvalue weighted by Crippen LogP contribution is 2.27. The molecular formula is C14H18BrN3O3. The molecule has 0 spiro atoms. The van der Waals surface area contributed by atoms with Crippen molar-refractivity contribution in [3.8, 4) is 0 Å². The molecule has 2 N–H and O–H groups in total. The maximum absolute atomic E-state index is 12.2. The molecule has 1 aliphatic heterocycles. The van der Waals surface area contributed by atoms with Gasteiger partial charge in [-0.25, -0.2) is 0 Å². The van der Waals surface area contributed by atoms with Crippen molar-refractivity contribution in [3.05, 3.63) is 38.3 Å². The van der Waals surface area contributed by atoms with Crippen LogP contribution in [0.5, 0.6) is 0 Å². The Labute approximate surface area is 131 Å². The second kappa shape index (κ2) is 6.53. The lowest BCUT2D eigenvalue weighted by atomic mass is 9.81. The van der Waals surface area contributed by atoms with E-state index >= 15 is 0 Å². The summed E-state index contributed by atoms with van der Waals surface area (Å²) in [5.41, 5.74) is 0.482. The first kappa shape index (κ1) is 15.9. The Hall–Kier alpha value is -1.47. The van der Waals surface area contributed by atoms with Crippen molar-refractivity contribution in [2.24, 2.45) is 5.41 Å². The summed E-state index contributed by atoms with van der Waals surface area (Å²) in [7, 11) is 0. The quantitative estimate of drug-likeness (QED) is 0.641. The first-order valence-electron chi connectivity index (χ1n) is 6.84. The van der Waals surface area contributed by atoms with E-state index in [2.05, 4.69) is 33.5 Å². The van der Waals surface area contributed by atoms with E-state index in [1.165, 1.54) is 18.2 Å². The maximum atomic E-state index is 12.2. The van der Waals surface area contributed by atoms with Crippen molar-refractivity contribution >= 4 is 27.5 Å². The molecule has 1 aliphatic rings. The first-order chi connectivity index (χ1) is 9.91. The van der Waals surface area contributed by atoms with Gasteiger partial charge in [0.15, 0.2) is 0 Å². The minimum Gasteiger partial charge on any atom is -0.351 e. The van der Waals surface area contributed by atoms with Crippen LogP contribution in [0.15, 0.2) is 22.7 Å². The fourth-order valence-corrected chi connectivity index (χ4v) is 2.94. The topological polar surface area (TPSA) is 84.3 Å². The molecule has 1 aromatic rings. The van der Waals surface area contributed by atoms with Gasteiger partial charge in [0.05, 0.1) is 10.5 Å². The van der Waals surface area contributed by atoms with Gasteiger partial charge in [-0.2, -0.15) is 0 Å². The summed E-state index contributed by atoms with van der Waals surface area (Å²) in [5, 5.41) is 16.9. The zero-order valence-electron chi connectivity index (χ0n) is 11.8. The molecule has 0 unspecified atom stereocenters. The minimum atomic E-state index is -0.484. The molecule has 1 aromatic carbocycles. The number of nitrogens with zero attached hydrogens (tertiary/aromatic N) is 1. The van der Waals surface area contributed by atoms with Crippen LogP contribution >= 0.6 is 15.9 Å². The van der Waals surface area contributed by atoms with Crippen LogP contribution < -0.4 is 10.6 Å². The largest absolute Gasteiger partial charge is 0.351 e. The van der Waals surface area contributed by atoms with Gasteiger partial charge in [0, 0.05) is 23.2 Å². The molecule has 1 fully saturated rings. The lowest BCUT2D eigenvalue weighted by Crippen LogP contribution is -2.42. The molecule has 0 radical (unpaired) electrons. The number of nitro groups is 1. The maximum Gasteiger partial charge on any atom is 0.270 e. The average Bonchev–Trinajstić information content (AvgIpc) is 2.45. The number of benzene rings is 1. The van der Waals surface area contributed by atoms with E-state index in [4.69, 9.17) is 0 Å². The lowest BCUT2D eigenvalue weighted by molar-refractivity contribution is -0.384. The Kier molecular flexibility index (Phi) is 4.95. The molecule has 1 amide bonds. The standard InChI is InChI=1S/C14H18BrN3O3/c1-14(4-6-16-7-5-14)9-17-13(19)11-3-2-10(18(20)21)8-12(11)15/h2-3,8,16H,4-7,9H2,1H3,(H,17,19). The molecule has 1 heterocycles. The van der Waals surface area contributed by atoms with E-state index in [9.17, 15) is 14.9 Å². The predicted octanol–water partition coefficient (Wildman–Crippen LogP) is 2.48. The zero-order chi connectivity index (χ0) is 15.5. The summed E-state index contributed by atoms with van der Waals surface area (Å²) < 4.78 is 0.435. The Balaban J connectivity index is 2.01. The first-order valence-corrected chi connectivity index (χ1v) is 7.63. The van der Waals surface area contributed by atoms with Crippen molar-refractivity contribution in [1.82, 2.24) is 10.6 Å². The van der Waals surface area contributed by atoms with Gasteiger partial charge in [-0.1, -0.05) is 6.92 Å². The van der Waals surface area contributed by atoms with Crippen molar-refractivity contribution in [3.63, 3.8) is 0 Å². The summed E-state index contributed by atoms with van der Waals surface area (Å²) >= 11 is 3.22. The second-order valence-corrected chi connectivity index (χ2v) is 6.52. The fourth-order valence-electron chi connectivity index (χ4n) is 2.40. The van der Waals surface area contributed by atoms with E-state index in [1.54, 1.807) is 0 Å². The number of nitro benzene ring substituents is 1. The van der Waals surface area contributed by atoms with E-state index in [0.29, 0.717) is 16.6 Å². The number of carbonyl (C=O) groups is 1. The van der Waals surface area contributed by atoms with E-state index in [1.807, 2.05) is 0 Å². The van der Waals surface area contributed by atoms with Crippen LogP contribution in [0.4, 0.5) is 5.69 Å². The normalized spacial score (nSPS) is 17.2. The van der Waals surface area contributed by atoms with Gasteiger partial charge >= 0.3 is 0 Å². The van der Waals surface area contributed by atoms with Gasteiger partial charge in [-0.3, -0.25) is 14.9 Å². The molecule has 0 aliphatic carbocycles. The third-order valence-electron chi connectivity index (χ3n) is 3.89. The fraction of sp³-hybridized carbons (Fsp3) is 0.500. The Morgan fingerprint density at radius 1 is 1.48 bits per heavy atom. The summed E-state index contributed by atoms with van der Waals surface area (Å²) in [6.45, 7) is 4.71. The third-order valence-corrected chi connectivity index (χ3v) is 4.55. The molecule has 114 valence electrons. The highest BCUT2D eigenvalue weighted by Gasteiger charge is 2.27. The molecule has 0 aromatic heterocycles. The zero-order valence-corrected chi connectivity index (χ0v) is 13.4. The summed E-state index contributed by atoms with van der Waals surface area (Å²) in [5.74, 6) is -0.212. The van der Waals surface area contributed by atoms with Crippen molar-refractivity contribution < 1.29 is 9.72 Å². The summed E-state index contributed by atoms with van der Waals surface area (Å²) in [6, 6.07) is 4.16. The number of hydrogen-bond acceptors (Lipinski definition) is 4. The average molecular weight is 356 g/mol. The molecule has 6 nitrogen and oxygen atoms in total. The van der Waals surface area contributed by atoms with Gasteiger partial charge in [0.2, 0.25) is 0 Å². The highest BCUT2D eigenvalue weighted by molar-refractivity contribution is 9.10. The van der Waals surface area contributed by atoms with E-state index in [0.717, 1.165) is 25.9 Å². The minimum absolute atomic E-state index is 0.0382. The molecular weight excluding hydrogens is 338 g/mol. The number of carbonyl (C=O) groups excluding carboxylic acids is 1. The predicted molar refractivity (Wildman–Crippen MR) is 83.3 cm³/mol. The molecule has 2 rings (SSSR count). The van der Waals surface area contributed by atoms with Crippen LogP contribution in [0, 0.1) is 15.5 Å². The van der Waals surface area contributed by atoms with Crippen LogP contribution in [0.3, 0.4) is 0 Å². The van der Waals surface area contributed by atoms with Gasteiger partial charge in [0.25, 0.3) is 11.6 Å². The van der Waals surface area contributed by atoms with Gasteiger partial charge in [0.1, 0.15) is 0 Å².